The van der Waals surface area contributed by atoms with Gasteiger partial charge in [0.05, 0.1) is 11.1 Å². The normalized spacial score (nSPS) is 29.0. The van der Waals surface area contributed by atoms with Crippen LogP contribution in [-0.4, -0.2) is 42.7 Å². The van der Waals surface area contributed by atoms with Gasteiger partial charge in [0.25, 0.3) is 0 Å². The van der Waals surface area contributed by atoms with E-state index in [9.17, 15) is 9.90 Å². The zero-order valence-corrected chi connectivity index (χ0v) is 17.3. The van der Waals surface area contributed by atoms with Crippen molar-refractivity contribution in [2.24, 2.45) is 11.8 Å². The van der Waals surface area contributed by atoms with Crippen molar-refractivity contribution in [3.63, 3.8) is 0 Å². The minimum Gasteiger partial charge on any atom is -0.391 e. The maximum atomic E-state index is 11.3. The van der Waals surface area contributed by atoms with Crippen molar-refractivity contribution in [2.45, 2.75) is 50.8 Å². The number of aldehydes is 1. The standard InChI is InChI=1S/C23H30N2O2S/c1-16-23(27)19(15-26)14-20(24-16)13-17-9-11-25(12-10-17)22-8-7-21(28-22)18-5-3-2-4-6-18/h2-8,15-17,19-20,23-24,27H,9-14H2,1H3. The number of nitrogens with zero attached hydrogens (tertiary/aromatic N) is 1. The smallest absolute Gasteiger partial charge is 0.125 e. The minimum atomic E-state index is -0.548. The molecule has 28 heavy (non-hydrogen) atoms. The molecule has 2 aliphatic heterocycles. The molecule has 1 aromatic heterocycles. The highest BCUT2D eigenvalue weighted by Crippen LogP contribution is 2.36. The summed E-state index contributed by atoms with van der Waals surface area (Å²) in [5.74, 6) is 0.473. The Hall–Kier alpha value is -1.69. The van der Waals surface area contributed by atoms with Crippen LogP contribution in [0.25, 0.3) is 10.4 Å². The number of carbonyl (C=O) groups excluding carboxylic acids is 1. The van der Waals surface area contributed by atoms with Gasteiger partial charge in [-0.05, 0) is 56.2 Å². The first kappa shape index (κ1) is 19.6. The molecule has 1 aromatic carbocycles. The summed E-state index contributed by atoms with van der Waals surface area (Å²) in [7, 11) is 0. The average Bonchev–Trinajstić information content (AvgIpc) is 3.22. The number of piperidine rings is 2. The van der Waals surface area contributed by atoms with Crippen LogP contribution in [0.2, 0.25) is 0 Å². The van der Waals surface area contributed by atoms with E-state index < -0.39 is 6.10 Å². The average molecular weight is 399 g/mol. The third kappa shape index (κ3) is 4.32. The molecule has 3 heterocycles. The van der Waals surface area contributed by atoms with Gasteiger partial charge >= 0.3 is 0 Å². The van der Waals surface area contributed by atoms with Crippen LogP contribution in [0.5, 0.6) is 0 Å². The van der Waals surface area contributed by atoms with Gasteiger partial charge in [0.2, 0.25) is 0 Å². The van der Waals surface area contributed by atoms with Gasteiger partial charge in [-0.15, -0.1) is 11.3 Å². The summed E-state index contributed by atoms with van der Waals surface area (Å²) in [5, 5.41) is 15.0. The summed E-state index contributed by atoms with van der Waals surface area (Å²) in [6.45, 7) is 4.18. The van der Waals surface area contributed by atoms with Gasteiger partial charge in [-0.2, -0.15) is 0 Å². The maximum Gasteiger partial charge on any atom is 0.125 e. The van der Waals surface area contributed by atoms with Gasteiger partial charge in [0.1, 0.15) is 6.29 Å². The first-order valence-electron chi connectivity index (χ1n) is 10.4. The number of hydrogen-bond donors (Lipinski definition) is 2. The van der Waals surface area contributed by atoms with E-state index in [0.29, 0.717) is 12.0 Å². The number of aliphatic hydroxyl groups excluding tert-OH is 1. The first-order valence-corrected chi connectivity index (χ1v) is 11.3. The lowest BCUT2D eigenvalue weighted by atomic mass is 9.81. The molecular formula is C23H30N2O2S. The van der Waals surface area contributed by atoms with Crippen LogP contribution in [0, 0.1) is 11.8 Å². The number of hydrogen-bond acceptors (Lipinski definition) is 5. The number of carbonyl (C=O) groups is 1. The summed E-state index contributed by atoms with van der Waals surface area (Å²) in [4.78, 5) is 15.1. The lowest BCUT2D eigenvalue weighted by molar-refractivity contribution is -0.117. The zero-order chi connectivity index (χ0) is 19.5. The van der Waals surface area contributed by atoms with E-state index in [0.717, 1.165) is 32.2 Å². The number of benzene rings is 1. The number of aliphatic hydroxyl groups is 1. The highest BCUT2D eigenvalue weighted by molar-refractivity contribution is 7.19. The molecule has 2 fully saturated rings. The molecule has 0 saturated carbocycles. The van der Waals surface area contributed by atoms with Gasteiger partial charge < -0.3 is 20.1 Å². The van der Waals surface area contributed by atoms with Gasteiger partial charge in [0.15, 0.2) is 0 Å². The van der Waals surface area contributed by atoms with Crippen LogP contribution in [0.4, 0.5) is 5.00 Å². The zero-order valence-electron chi connectivity index (χ0n) is 16.5. The van der Waals surface area contributed by atoms with Crippen LogP contribution >= 0.6 is 11.3 Å². The Kier molecular flexibility index (Phi) is 6.14. The summed E-state index contributed by atoms with van der Waals surface area (Å²) < 4.78 is 0. The molecule has 2 aliphatic rings. The Morgan fingerprint density at radius 2 is 1.93 bits per heavy atom. The van der Waals surface area contributed by atoms with Crippen molar-refractivity contribution in [1.29, 1.82) is 0 Å². The highest BCUT2D eigenvalue weighted by atomic mass is 32.1. The van der Waals surface area contributed by atoms with Crippen molar-refractivity contribution in [3.05, 3.63) is 42.5 Å². The summed E-state index contributed by atoms with van der Waals surface area (Å²) >= 11 is 1.88. The fourth-order valence-electron chi connectivity index (χ4n) is 4.72. The van der Waals surface area contributed by atoms with Crippen molar-refractivity contribution < 1.29 is 9.90 Å². The molecule has 0 spiro atoms. The molecule has 0 aliphatic carbocycles. The largest absolute Gasteiger partial charge is 0.391 e. The van der Waals surface area contributed by atoms with E-state index in [2.05, 4.69) is 52.7 Å². The van der Waals surface area contributed by atoms with Crippen LogP contribution in [0.1, 0.15) is 32.6 Å². The summed E-state index contributed by atoms with van der Waals surface area (Å²) in [5.41, 5.74) is 1.29. The van der Waals surface area contributed by atoms with Crippen LogP contribution in [-0.2, 0) is 4.79 Å². The third-order valence-corrected chi connectivity index (χ3v) is 7.57. The summed E-state index contributed by atoms with van der Waals surface area (Å²) in [6, 6.07) is 15.4. The molecule has 2 aromatic rings. The Balaban J connectivity index is 1.30. The molecule has 0 amide bonds. The number of nitrogens with one attached hydrogen (secondary N) is 1. The first-order chi connectivity index (χ1) is 13.6. The van der Waals surface area contributed by atoms with E-state index >= 15 is 0 Å². The molecule has 0 bridgehead atoms. The van der Waals surface area contributed by atoms with E-state index in [1.807, 2.05) is 18.3 Å². The van der Waals surface area contributed by atoms with Crippen LogP contribution in [0.3, 0.4) is 0 Å². The second-order valence-corrected chi connectivity index (χ2v) is 9.41. The third-order valence-electron chi connectivity index (χ3n) is 6.38. The van der Waals surface area contributed by atoms with Crippen molar-refractivity contribution >= 4 is 22.6 Å². The molecule has 4 nitrogen and oxygen atoms in total. The van der Waals surface area contributed by atoms with Crippen LogP contribution in [0.15, 0.2) is 42.5 Å². The Bertz CT molecular complexity index is 770. The Morgan fingerprint density at radius 3 is 2.64 bits per heavy atom. The van der Waals surface area contributed by atoms with Gasteiger partial charge in [-0.1, -0.05) is 30.3 Å². The van der Waals surface area contributed by atoms with E-state index in [1.54, 1.807) is 0 Å². The molecule has 4 rings (SSSR count). The monoisotopic (exact) mass is 398 g/mol. The molecule has 4 atom stereocenters. The predicted molar refractivity (Wildman–Crippen MR) is 116 cm³/mol. The lowest BCUT2D eigenvalue weighted by Crippen LogP contribution is -2.54. The lowest BCUT2D eigenvalue weighted by Gasteiger charge is -2.40. The summed E-state index contributed by atoms with van der Waals surface area (Å²) in [6.07, 6.45) is 4.65. The van der Waals surface area contributed by atoms with Crippen molar-refractivity contribution in [3.8, 4) is 10.4 Å². The van der Waals surface area contributed by atoms with E-state index in [-0.39, 0.29) is 12.0 Å². The molecule has 2 saturated heterocycles. The quantitative estimate of drug-likeness (QED) is 0.749. The van der Waals surface area contributed by atoms with Crippen LogP contribution < -0.4 is 10.2 Å². The maximum absolute atomic E-state index is 11.3. The Labute approximate surface area is 171 Å². The second kappa shape index (κ2) is 8.76. The van der Waals surface area contributed by atoms with Crippen molar-refractivity contribution in [2.75, 3.05) is 18.0 Å². The second-order valence-electron chi connectivity index (χ2n) is 8.35. The molecule has 2 N–H and O–H groups in total. The van der Waals surface area contributed by atoms with Gasteiger partial charge in [-0.3, -0.25) is 0 Å². The minimum absolute atomic E-state index is 0.00318. The van der Waals surface area contributed by atoms with Crippen molar-refractivity contribution in [1.82, 2.24) is 5.32 Å². The molecule has 4 unspecified atom stereocenters. The topological polar surface area (TPSA) is 52.6 Å². The molecule has 0 radical (unpaired) electrons. The predicted octanol–water partition coefficient (Wildman–Crippen LogP) is 3.95. The van der Waals surface area contributed by atoms with E-state index in [1.165, 1.54) is 28.3 Å². The molecule has 150 valence electrons. The fraction of sp³-hybridized carbons (Fsp3) is 0.522. The fourth-order valence-corrected chi connectivity index (χ4v) is 5.79. The highest BCUT2D eigenvalue weighted by Gasteiger charge is 2.35. The van der Waals surface area contributed by atoms with E-state index in [4.69, 9.17) is 0 Å². The molecule has 5 heteroatoms. The van der Waals surface area contributed by atoms with Gasteiger partial charge in [-0.25, -0.2) is 0 Å². The number of rotatable bonds is 5. The SMILES string of the molecule is CC1NC(CC2CCN(c3ccc(-c4ccccc4)s3)CC2)CC(C=O)C1O. The molecular weight excluding hydrogens is 368 g/mol. The number of thiophene rings is 1. The number of anilines is 1. The van der Waals surface area contributed by atoms with Gasteiger partial charge in [0, 0.05) is 36.0 Å². The Morgan fingerprint density at radius 1 is 1.18 bits per heavy atom.